The summed E-state index contributed by atoms with van der Waals surface area (Å²) in [5.74, 6) is -2.06. The van der Waals surface area contributed by atoms with Gasteiger partial charge in [0.2, 0.25) is 17.7 Å². The Bertz CT molecular complexity index is 1500. The number of halogens is 1. The third-order valence-electron chi connectivity index (χ3n) is 9.79. The lowest BCUT2D eigenvalue weighted by Gasteiger charge is -2.34. The largest absolute Gasteiger partial charge is 0.486 e. The molecule has 4 atom stereocenters. The number of aryl methyl sites for hydroxylation is 1. The first-order valence-electron chi connectivity index (χ1n) is 18.1. The maximum absolute atomic E-state index is 14.4. The first-order chi connectivity index (χ1) is 24.0. The summed E-state index contributed by atoms with van der Waals surface area (Å²) in [6.07, 6.45) is 9.47. The molecule has 2 fully saturated rings. The number of likely N-dealkylation sites (N-methyl/N-ethyl adjacent to an activating group) is 1. The summed E-state index contributed by atoms with van der Waals surface area (Å²) in [6, 6.07) is 0.822. The first-order valence-corrected chi connectivity index (χ1v) is 18.1. The van der Waals surface area contributed by atoms with Crippen LogP contribution in [0, 0.1) is 17.7 Å². The molecule has 3 heterocycles. The Balaban J connectivity index is 1.40. The molecule has 1 aromatic heterocycles. The summed E-state index contributed by atoms with van der Waals surface area (Å²) in [5, 5.41) is 24.9. The summed E-state index contributed by atoms with van der Waals surface area (Å²) in [6.45, 7) is 4.89. The maximum atomic E-state index is 14.4. The van der Waals surface area contributed by atoms with Gasteiger partial charge in [0, 0.05) is 39.2 Å². The predicted octanol–water partition coefficient (Wildman–Crippen LogP) is 3.20. The van der Waals surface area contributed by atoms with Gasteiger partial charge in [0.05, 0.1) is 17.9 Å². The van der Waals surface area contributed by atoms with E-state index in [-0.39, 0.29) is 49.1 Å². The van der Waals surface area contributed by atoms with Gasteiger partial charge in [-0.25, -0.2) is 4.39 Å². The number of benzene rings is 1. The van der Waals surface area contributed by atoms with Gasteiger partial charge >= 0.3 is 0 Å². The van der Waals surface area contributed by atoms with Gasteiger partial charge in [-0.15, -0.1) is 5.10 Å². The SMILES string of the molecule is CC(C)C[C@H]1NC(=O)c2ccc(F)cc2OCc2cn(nn2)CCCCCCCCNC(=O)[C@H](CC2CC2)N(C)C(=O)[C@H]2C[C@H](O)CN2C1=O. The molecule has 1 saturated carbocycles. The van der Waals surface area contributed by atoms with Crippen LogP contribution in [-0.2, 0) is 27.5 Å². The minimum absolute atomic E-state index is 0.0134. The molecular formula is C36H52FN7O6. The summed E-state index contributed by atoms with van der Waals surface area (Å²) in [5.41, 5.74) is 0.550. The van der Waals surface area contributed by atoms with Gasteiger partial charge in [-0.2, -0.15) is 0 Å². The van der Waals surface area contributed by atoms with Crippen LogP contribution < -0.4 is 15.4 Å². The highest BCUT2D eigenvalue weighted by Gasteiger charge is 2.45. The molecule has 4 amide bonds. The molecule has 3 N–H and O–H groups in total. The number of nitrogens with one attached hydrogen (secondary N) is 2. The van der Waals surface area contributed by atoms with E-state index in [1.165, 1.54) is 15.9 Å². The smallest absolute Gasteiger partial charge is 0.255 e. The Kier molecular flexibility index (Phi) is 12.8. The van der Waals surface area contributed by atoms with Gasteiger partial charge < -0.3 is 30.3 Å². The number of hydrogen-bond donors (Lipinski definition) is 3. The zero-order chi connectivity index (χ0) is 35.8. The Labute approximate surface area is 293 Å². The standard InChI is InChI=1S/C36H52FN7O6/c1-23(2)16-29-35(48)44-21-27(45)19-31(44)36(49)42(3)30(17-24-10-11-24)34(47)38-14-8-6-4-5-7-9-15-43-20-26(40-41-43)22-50-32-18-25(37)12-13-28(32)33(46)39-29/h12-13,18,20,23-24,27,29-31,45H,4-11,14-17,19,21-22H2,1-3H3,(H,38,47)(H,39,46)/t27-,29+,30-,31+/m0/s1. The highest BCUT2D eigenvalue weighted by atomic mass is 19.1. The van der Waals surface area contributed by atoms with Gasteiger partial charge in [0.25, 0.3) is 5.91 Å². The van der Waals surface area contributed by atoms with Crippen molar-refractivity contribution in [3.63, 3.8) is 0 Å². The first kappa shape index (κ1) is 37.2. The molecule has 0 radical (unpaired) electrons. The maximum Gasteiger partial charge on any atom is 0.255 e. The zero-order valence-electron chi connectivity index (χ0n) is 29.5. The number of amides is 4. The van der Waals surface area contributed by atoms with Crippen LogP contribution in [0.1, 0.15) is 101 Å². The van der Waals surface area contributed by atoms with Crippen molar-refractivity contribution >= 4 is 23.6 Å². The van der Waals surface area contributed by atoms with Crippen LogP contribution in [0.3, 0.4) is 0 Å². The van der Waals surface area contributed by atoms with E-state index in [9.17, 15) is 28.7 Å². The van der Waals surface area contributed by atoms with E-state index in [2.05, 4.69) is 20.9 Å². The number of carbonyl (C=O) groups is 4. The summed E-state index contributed by atoms with van der Waals surface area (Å²) in [7, 11) is 1.60. The lowest BCUT2D eigenvalue weighted by molar-refractivity contribution is -0.147. The zero-order valence-corrected chi connectivity index (χ0v) is 29.5. The second kappa shape index (κ2) is 17.2. The third kappa shape index (κ3) is 10.0. The van der Waals surface area contributed by atoms with Crippen molar-refractivity contribution in [3.8, 4) is 5.75 Å². The van der Waals surface area contributed by atoms with E-state index in [4.69, 9.17) is 4.74 Å². The van der Waals surface area contributed by atoms with Gasteiger partial charge in [0.1, 0.15) is 42.0 Å². The van der Waals surface area contributed by atoms with Crippen LogP contribution in [0.25, 0.3) is 0 Å². The highest BCUT2D eigenvalue weighted by Crippen LogP contribution is 2.35. The van der Waals surface area contributed by atoms with E-state index in [0.29, 0.717) is 31.1 Å². The predicted molar refractivity (Wildman–Crippen MR) is 182 cm³/mol. The number of ether oxygens (including phenoxy) is 1. The highest BCUT2D eigenvalue weighted by molar-refractivity contribution is 6.00. The van der Waals surface area contributed by atoms with E-state index in [1.54, 1.807) is 17.9 Å². The summed E-state index contributed by atoms with van der Waals surface area (Å²) >= 11 is 0. The van der Waals surface area contributed by atoms with Crippen molar-refractivity contribution < 1.29 is 33.4 Å². The van der Waals surface area contributed by atoms with Crippen molar-refractivity contribution in [1.82, 2.24) is 35.4 Å². The fourth-order valence-electron chi connectivity index (χ4n) is 6.82. The summed E-state index contributed by atoms with van der Waals surface area (Å²) in [4.78, 5) is 58.2. The normalized spacial score (nSPS) is 25.5. The average Bonchev–Trinajstić information content (AvgIpc) is 3.65. The molecule has 13 nitrogen and oxygen atoms in total. The molecule has 0 unspecified atom stereocenters. The molecule has 2 aliphatic heterocycles. The number of aromatic nitrogens is 3. The minimum atomic E-state index is -1.05. The average molecular weight is 698 g/mol. The molecule has 0 spiro atoms. The van der Waals surface area contributed by atoms with Gasteiger partial charge in [-0.3, -0.25) is 23.9 Å². The molecule has 1 aromatic carbocycles. The van der Waals surface area contributed by atoms with E-state index < -0.39 is 47.8 Å². The van der Waals surface area contributed by atoms with Crippen LogP contribution in [-0.4, -0.2) is 97.9 Å². The van der Waals surface area contributed by atoms with E-state index in [0.717, 1.165) is 63.5 Å². The van der Waals surface area contributed by atoms with Crippen molar-refractivity contribution in [1.29, 1.82) is 0 Å². The second-order valence-corrected chi connectivity index (χ2v) is 14.5. The molecule has 1 saturated heterocycles. The Hall–Kier alpha value is -4.07. The topological polar surface area (TPSA) is 159 Å². The fourth-order valence-corrected chi connectivity index (χ4v) is 6.82. The van der Waals surface area contributed by atoms with Crippen molar-refractivity contribution in [3.05, 3.63) is 41.5 Å². The summed E-state index contributed by atoms with van der Waals surface area (Å²) < 4.78 is 22.0. The van der Waals surface area contributed by atoms with Crippen LogP contribution >= 0.6 is 0 Å². The number of rotatable bonds is 4. The molecule has 14 heteroatoms. The van der Waals surface area contributed by atoms with Crippen molar-refractivity contribution in [2.75, 3.05) is 20.1 Å². The van der Waals surface area contributed by atoms with Crippen molar-refractivity contribution in [2.24, 2.45) is 11.8 Å². The molecule has 3 aliphatic rings. The minimum Gasteiger partial charge on any atom is -0.486 e. The van der Waals surface area contributed by atoms with E-state index in [1.807, 2.05) is 13.8 Å². The number of aliphatic hydroxyl groups excluding tert-OH is 1. The molecule has 2 aromatic rings. The number of aliphatic hydroxyl groups is 1. The molecule has 5 rings (SSSR count). The van der Waals surface area contributed by atoms with E-state index >= 15 is 0 Å². The van der Waals surface area contributed by atoms with Crippen LogP contribution in [0.5, 0.6) is 5.75 Å². The molecule has 50 heavy (non-hydrogen) atoms. The number of carbonyl (C=O) groups excluding carboxylic acids is 4. The van der Waals surface area contributed by atoms with Gasteiger partial charge in [-0.05, 0) is 49.7 Å². The van der Waals surface area contributed by atoms with Gasteiger partial charge in [-0.1, -0.05) is 57.6 Å². The molecule has 2 bridgehead atoms. The second-order valence-electron chi connectivity index (χ2n) is 14.5. The van der Waals surface area contributed by atoms with Crippen LogP contribution in [0.15, 0.2) is 24.4 Å². The molecule has 274 valence electrons. The fraction of sp³-hybridized carbons (Fsp3) is 0.667. The van der Waals surface area contributed by atoms with Crippen LogP contribution in [0.4, 0.5) is 4.39 Å². The third-order valence-corrected chi connectivity index (χ3v) is 9.79. The lowest BCUT2D eigenvalue weighted by atomic mass is 10.0. The lowest BCUT2D eigenvalue weighted by Crippen LogP contribution is -2.57. The Morgan fingerprint density at radius 3 is 2.52 bits per heavy atom. The monoisotopic (exact) mass is 697 g/mol. The van der Waals surface area contributed by atoms with Crippen LogP contribution in [0.2, 0.25) is 0 Å². The quantitative estimate of drug-likeness (QED) is 0.440. The Morgan fingerprint density at radius 1 is 1.04 bits per heavy atom. The number of hydrogen-bond acceptors (Lipinski definition) is 8. The Morgan fingerprint density at radius 2 is 1.78 bits per heavy atom. The van der Waals surface area contributed by atoms with Gasteiger partial charge in [0.15, 0.2) is 0 Å². The number of nitrogens with zero attached hydrogens (tertiary/aromatic N) is 5. The number of fused-ring (bicyclic) bond motifs is 4. The van der Waals surface area contributed by atoms with Crippen molar-refractivity contribution in [2.45, 2.75) is 122 Å². The molecular weight excluding hydrogens is 645 g/mol. The molecule has 1 aliphatic carbocycles.